The van der Waals surface area contributed by atoms with Crippen LogP contribution in [0, 0.1) is 13.8 Å². The molecule has 1 aliphatic carbocycles. The molecule has 0 unspecified atom stereocenters. The Kier molecular flexibility index (Phi) is 3.28. The molecule has 0 radical (unpaired) electrons. The van der Waals surface area contributed by atoms with Gasteiger partial charge < -0.3 is 5.32 Å². The van der Waals surface area contributed by atoms with Crippen molar-refractivity contribution >= 4 is 5.91 Å². The smallest absolute Gasteiger partial charge is 0.220 e. The van der Waals surface area contributed by atoms with E-state index in [4.69, 9.17) is 0 Å². The highest BCUT2D eigenvalue weighted by Crippen LogP contribution is 2.19. The van der Waals surface area contributed by atoms with Crippen LogP contribution in [0.25, 0.3) is 0 Å². The molecule has 2 nitrogen and oxygen atoms in total. The van der Waals surface area contributed by atoms with Gasteiger partial charge in [0.05, 0.1) is 0 Å². The zero-order chi connectivity index (χ0) is 11.5. The minimum atomic E-state index is 0.197. The Hall–Kier alpha value is -1.31. The number of hydrogen-bond donors (Lipinski definition) is 1. The lowest BCUT2D eigenvalue weighted by Gasteiger charge is -2.07. The Morgan fingerprint density at radius 2 is 2.12 bits per heavy atom. The Balaban J connectivity index is 1.85. The maximum Gasteiger partial charge on any atom is 0.220 e. The molecule has 0 atom stereocenters. The van der Waals surface area contributed by atoms with Crippen molar-refractivity contribution in [2.24, 2.45) is 0 Å². The molecule has 0 saturated heterocycles. The number of amides is 1. The van der Waals surface area contributed by atoms with Gasteiger partial charge in [-0.25, -0.2) is 0 Å². The molecular formula is C14H19NO. The van der Waals surface area contributed by atoms with Crippen molar-refractivity contribution in [1.29, 1.82) is 0 Å². The second-order valence-electron chi connectivity index (χ2n) is 4.77. The number of aryl methyl sites for hydroxylation is 3. The molecule has 2 heteroatoms. The van der Waals surface area contributed by atoms with Crippen LogP contribution in [0.3, 0.4) is 0 Å². The van der Waals surface area contributed by atoms with E-state index in [9.17, 15) is 4.79 Å². The van der Waals surface area contributed by atoms with E-state index in [2.05, 4.69) is 37.4 Å². The maximum absolute atomic E-state index is 11.5. The summed E-state index contributed by atoms with van der Waals surface area (Å²) in [5.74, 6) is 0.197. The van der Waals surface area contributed by atoms with Crippen molar-refractivity contribution in [3.8, 4) is 0 Å². The molecule has 0 bridgehead atoms. The summed E-state index contributed by atoms with van der Waals surface area (Å²) in [6, 6.07) is 6.90. The SMILES string of the molecule is Cc1ccc(CCC(=O)NC2CC2)c(C)c1. The van der Waals surface area contributed by atoms with Crippen LogP contribution in [0.2, 0.25) is 0 Å². The first-order chi connectivity index (χ1) is 7.65. The molecule has 0 spiro atoms. The van der Waals surface area contributed by atoms with Crippen LogP contribution in [-0.4, -0.2) is 11.9 Å². The van der Waals surface area contributed by atoms with Crippen molar-refractivity contribution in [1.82, 2.24) is 5.32 Å². The van der Waals surface area contributed by atoms with Gasteiger partial charge >= 0.3 is 0 Å². The van der Waals surface area contributed by atoms with E-state index in [0.29, 0.717) is 12.5 Å². The van der Waals surface area contributed by atoms with Gasteiger partial charge in [0.25, 0.3) is 0 Å². The zero-order valence-electron chi connectivity index (χ0n) is 10.0. The van der Waals surface area contributed by atoms with Gasteiger partial charge in [-0.3, -0.25) is 4.79 Å². The van der Waals surface area contributed by atoms with Gasteiger partial charge in [-0.15, -0.1) is 0 Å². The van der Waals surface area contributed by atoms with Crippen LogP contribution in [0.15, 0.2) is 18.2 Å². The molecule has 2 rings (SSSR count). The summed E-state index contributed by atoms with van der Waals surface area (Å²) in [5, 5.41) is 3.02. The van der Waals surface area contributed by atoms with E-state index in [0.717, 1.165) is 19.3 Å². The van der Waals surface area contributed by atoms with Crippen molar-refractivity contribution in [3.05, 3.63) is 34.9 Å². The fraction of sp³-hybridized carbons (Fsp3) is 0.500. The number of carbonyl (C=O) groups is 1. The van der Waals surface area contributed by atoms with Crippen LogP contribution >= 0.6 is 0 Å². The second-order valence-corrected chi connectivity index (χ2v) is 4.77. The lowest BCUT2D eigenvalue weighted by molar-refractivity contribution is -0.121. The third-order valence-corrected chi connectivity index (χ3v) is 3.06. The lowest BCUT2D eigenvalue weighted by Crippen LogP contribution is -2.25. The van der Waals surface area contributed by atoms with Gasteiger partial charge in [0.2, 0.25) is 5.91 Å². The van der Waals surface area contributed by atoms with E-state index in [1.807, 2.05) is 0 Å². The van der Waals surface area contributed by atoms with Gasteiger partial charge in [0, 0.05) is 12.5 Å². The van der Waals surface area contributed by atoms with Gasteiger partial charge in [0.1, 0.15) is 0 Å². The largest absolute Gasteiger partial charge is 0.353 e. The third-order valence-electron chi connectivity index (χ3n) is 3.06. The molecule has 1 amide bonds. The Morgan fingerprint density at radius 1 is 1.38 bits per heavy atom. The van der Waals surface area contributed by atoms with E-state index >= 15 is 0 Å². The summed E-state index contributed by atoms with van der Waals surface area (Å²) in [6.07, 6.45) is 3.79. The van der Waals surface area contributed by atoms with Gasteiger partial charge in [-0.2, -0.15) is 0 Å². The fourth-order valence-electron chi connectivity index (χ4n) is 1.90. The summed E-state index contributed by atoms with van der Waals surface area (Å²) >= 11 is 0. The number of carbonyl (C=O) groups excluding carboxylic acids is 1. The second kappa shape index (κ2) is 4.69. The molecule has 0 aromatic heterocycles. The summed E-state index contributed by atoms with van der Waals surface area (Å²) < 4.78 is 0. The quantitative estimate of drug-likeness (QED) is 0.825. The number of nitrogens with one attached hydrogen (secondary N) is 1. The average Bonchev–Trinajstić information content (AvgIpc) is 3.00. The predicted octanol–water partition coefficient (Wildman–Crippen LogP) is 2.51. The summed E-state index contributed by atoms with van der Waals surface area (Å²) in [6.45, 7) is 4.21. The van der Waals surface area contributed by atoms with E-state index in [1.54, 1.807) is 0 Å². The Labute approximate surface area is 97.1 Å². The summed E-state index contributed by atoms with van der Waals surface area (Å²) in [7, 11) is 0. The highest BCUT2D eigenvalue weighted by molar-refractivity contribution is 5.76. The lowest BCUT2D eigenvalue weighted by atomic mass is 10.0. The molecule has 1 fully saturated rings. The van der Waals surface area contributed by atoms with Crippen LogP contribution < -0.4 is 5.32 Å². The first-order valence-corrected chi connectivity index (χ1v) is 6.00. The molecule has 86 valence electrons. The monoisotopic (exact) mass is 217 g/mol. The summed E-state index contributed by atoms with van der Waals surface area (Å²) in [5.41, 5.74) is 3.86. The topological polar surface area (TPSA) is 29.1 Å². The molecule has 1 saturated carbocycles. The van der Waals surface area contributed by atoms with Gasteiger partial charge in [-0.1, -0.05) is 23.8 Å². The maximum atomic E-state index is 11.5. The molecule has 1 aromatic rings. The standard InChI is InChI=1S/C14H19NO/c1-10-3-4-12(11(2)9-10)5-8-14(16)15-13-6-7-13/h3-4,9,13H,5-8H2,1-2H3,(H,15,16). The highest BCUT2D eigenvalue weighted by atomic mass is 16.1. The number of hydrogen-bond acceptors (Lipinski definition) is 1. The number of rotatable bonds is 4. The molecule has 1 N–H and O–H groups in total. The van der Waals surface area contributed by atoms with E-state index < -0.39 is 0 Å². The first kappa shape index (κ1) is 11.2. The normalized spacial score (nSPS) is 14.9. The van der Waals surface area contributed by atoms with Crippen molar-refractivity contribution < 1.29 is 4.79 Å². The molecular weight excluding hydrogens is 198 g/mol. The van der Waals surface area contributed by atoms with Crippen molar-refractivity contribution in [3.63, 3.8) is 0 Å². The minimum absolute atomic E-state index is 0.197. The van der Waals surface area contributed by atoms with Gasteiger partial charge in [0.15, 0.2) is 0 Å². The van der Waals surface area contributed by atoms with Crippen molar-refractivity contribution in [2.45, 2.75) is 45.6 Å². The van der Waals surface area contributed by atoms with Crippen LogP contribution in [0.5, 0.6) is 0 Å². The molecule has 0 heterocycles. The Bertz CT molecular complexity index is 394. The molecule has 1 aromatic carbocycles. The molecule has 1 aliphatic rings. The zero-order valence-corrected chi connectivity index (χ0v) is 10.0. The van der Waals surface area contributed by atoms with Crippen molar-refractivity contribution in [2.75, 3.05) is 0 Å². The minimum Gasteiger partial charge on any atom is -0.353 e. The average molecular weight is 217 g/mol. The third kappa shape index (κ3) is 3.09. The van der Waals surface area contributed by atoms with E-state index in [1.165, 1.54) is 16.7 Å². The Morgan fingerprint density at radius 3 is 2.75 bits per heavy atom. The molecule has 16 heavy (non-hydrogen) atoms. The van der Waals surface area contributed by atoms with Crippen LogP contribution in [-0.2, 0) is 11.2 Å². The van der Waals surface area contributed by atoms with Gasteiger partial charge in [-0.05, 0) is 44.2 Å². The van der Waals surface area contributed by atoms with Crippen LogP contribution in [0.1, 0.15) is 36.0 Å². The number of benzene rings is 1. The fourth-order valence-corrected chi connectivity index (χ4v) is 1.90. The van der Waals surface area contributed by atoms with Crippen LogP contribution in [0.4, 0.5) is 0 Å². The van der Waals surface area contributed by atoms with E-state index in [-0.39, 0.29) is 5.91 Å². The molecule has 0 aliphatic heterocycles. The predicted molar refractivity (Wildman–Crippen MR) is 65.4 cm³/mol. The first-order valence-electron chi connectivity index (χ1n) is 6.00. The highest BCUT2D eigenvalue weighted by Gasteiger charge is 2.22. The summed E-state index contributed by atoms with van der Waals surface area (Å²) in [4.78, 5) is 11.5.